The highest BCUT2D eigenvalue weighted by molar-refractivity contribution is 7.89. The fraction of sp³-hybridized carbons (Fsp3) is 0.400. The molecule has 0 aliphatic rings. The van der Waals surface area contributed by atoms with Crippen LogP contribution < -0.4 is 15.4 Å². The lowest BCUT2D eigenvalue weighted by atomic mass is 10.2. The first-order valence-electron chi connectivity index (χ1n) is 7.53. The molecule has 0 aliphatic carbocycles. The maximum absolute atomic E-state index is 12.2. The average Bonchev–Trinajstić information content (AvgIpc) is 2.53. The molecule has 9 nitrogen and oxygen atoms in total. The summed E-state index contributed by atoms with van der Waals surface area (Å²) in [6.45, 7) is 4.68. The molecule has 11 heteroatoms. The van der Waals surface area contributed by atoms with E-state index in [1.807, 2.05) is 5.32 Å². The zero-order chi connectivity index (χ0) is 20.1. The van der Waals surface area contributed by atoms with Crippen LogP contribution in [0.4, 0.5) is 4.79 Å². The maximum Gasteiger partial charge on any atom is 0.340 e. The molecule has 0 spiro atoms. The fourth-order valence-electron chi connectivity index (χ4n) is 1.74. The molecule has 0 bridgehead atoms. The van der Waals surface area contributed by atoms with Crippen LogP contribution >= 0.6 is 11.6 Å². The van der Waals surface area contributed by atoms with Crippen molar-refractivity contribution in [3.63, 3.8) is 0 Å². The average molecular weight is 406 g/mol. The third kappa shape index (κ3) is 5.97. The molecule has 1 rings (SSSR count). The Hall–Kier alpha value is -2.17. The van der Waals surface area contributed by atoms with Gasteiger partial charge in [-0.25, -0.2) is 22.7 Å². The zero-order valence-electron chi connectivity index (χ0n) is 14.6. The second kappa shape index (κ2) is 8.97. The van der Waals surface area contributed by atoms with Gasteiger partial charge in [-0.3, -0.25) is 10.1 Å². The summed E-state index contributed by atoms with van der Waals surface area (Å²) >= 11 is 5.91. The van der Waals surface area contributed by atoms with Gasteiger partial charge in [-0.2, -0.15) is 0 Å². The largest absolute Gasteiger partial charge is 0.449 e. The van der Waals surface area contributed by atoms with Gasteiger partial charge in [-0.05, 0) is 46.0 Å². The number of amides is 3. The molecule has 0 saturated carbocycles. The number of sulfonamides is 1. The van der Waals surface area contributed by atoms with E-state index in [0.29, 0.717) is 0 Å². The highest BCUT2D eigenvalue weighted by atomic mass is 35.5. The number of nitrogens with one attached hydrogen (secondary N) is 3. The molecule has 0 heterocycles. The maximum atomic E-state index is 12.2. The summed E-state index contributed by atoms with van der Waals surface area (Å²) < 4.78 is 30.7. The third-order valence-corrected chi connectivity index (χ3v) is 4.79. The summed E-state index contributed by atoms with van der Waals surface area (Å²) in [7, 11) is -2.57. The van der Waals surface area contributed by atoms with Crippen LogP contribution in [-0.4, -0.2) is 45.5 Å². The van der Waals surface area contributed by atoms with Crippen molar-refractivity contribution in [3.8, 4) is 0 Å². The van der Waals surface area contributed by atoms with E-state index in [2.05, 4.69) is 10.0 Å². The topological polar surface area (TPSA) is 131 Å². The summed E-state index contributed by atoms with van der Waals surface area (Å²) in [6, 6.07) is 2.57. The molecular weight excluding hydrogens is 386 g/mol. The number of carbonyl (C=O) groups is 3. The molecule has 0 saturated heterocycles. The summed E-state index contributed by atoms with van der Waals surface area (Å²) in [5, 5.41) is 4.42. The first-order chi connectivity index (χ1) is 12.0. The number of hydrogen-bond acceptors (Lipinski definition) is 6. The Kier molecular flexibility index (Phi) is 7.54. The molecule has 0 fully saturated rings. The van der Waals surface area contributed by atoms with E-state index >= 15 is 0 Å². The molecule has 26 heavy (non-hydrogen) atoms. The van der Waals surface area contributed by atoms with Crippen LogP contribution in [-0.2, 0) is 19.6 Å². The lowest BCUT2D eigenvalue weighted by Gasteiger charge is -2.15. The molecule has 1 atom stereocenters. The van der Waals surface area contributed by atoms with Crippen LogP contribution in [0.3, 0.4) is 0 Å². The molecule has 3 N–H and O–H groups in total. The van der Waals surface area contributed by atoms with Crippen molar-refractivity contribution in [2.45, 2.75) is 37.8 Å². The highest BCUT2D eigenvalue weighted by Gasteiger charge is 2.24. The number of esters is 1. The van der Waals surface area contributed by atoms with Crippen molar-refractivity contribution in [1.29, 1.82) is 0 Å². The minimum Gasteiger partial charge on any atom is -0.449 e. The van der Waals surface area contributed by atoms with Crippen molar-refractivity contribution in [2.24, 2.45) is 0 Å². The highest BCUT2D eigenvalue weighted by Crippen LogP contribution is 2.21. The van der Waals surface area contributed by atoms with Crippen LogP contribution in [0.25, 0.3) is 0 Å². The van der Waals surface area contributed by atoms with Crippen LogP contribution in [0.1, 0.15) is 31.1 Å². The van der Waals surface area contributed by atoms with Gasteiger partial charge in [0.1, 0.15) is 0 Å². The van der Waals surface area contributed by atoms with E-state index in [4.69, 9.17) is 16.3 Å². The predicted octanol–water partition coefficient (Wildman–Crippen LogP) is 1.03. The summed E-state index contributed by atoms with van der Waals surface area (Å²) in [5.74, 6) is -1.85. The second-order valence-corrected chi connectivity index (χ2v) is 7.81. The summed E-state index contributed by atoms with van der Waals surface area (Å²) in [5.41, 5.74) is -0.228. The van der Waals surface area contributed by atoms with E-state index in [-0.39, 0.29) is 21.5 Å². The van der Waals surface area contributed by atoms with Gasteiger partial charge in [0, 0.05) is 6.04 Å². The Bertz CT molecular complexity index is 810. The minimum absolute atomic E-state index is 0.0461. The number of halogens is 1. The Morgan fingerprint density at radius 3 is 2.31 bits per heavy atom. The van der Waals surface area contributed by atoms with Crippen LogP contribution in [0.2, 0.25) is 5.02 Å². The number of rotatable bonds is 6. The summed E-state index contributed by atoms with van der Waals surface area (Å²) in [4.78, 5) is 35.4. The van der Waals surface area contributed by atoms with E-state index in [9.17, 15) is 22.8 Å². The zero-order valence-corrected chi connectivity index (χ0v) is 16.2. The number of imide groups is 1. The second-order valence-electron chi connectivity index (χ2n) is 5.51. The molecule has 144 valence electrons. The molecule has 1 aromatic carbocycles. The van der Waals surface area contributed by atoms with Crippen molar-refractivity contribution >= 4 is 39.5 Å². The molecule has 0 aromatic heterocycles. The van der Waals surface area contributed by atoms with E-state index in [0.717, 1.165) is 6.07 Å². The minimum atomic E-state index is -3.79. The number of ether oxygens (including phenoxy) is 1. The van der Waals surface area contributed by atoms with Gasteiger partial charge >= 0.3 is 12.0 Å². The van der Waals surface area contributed by atoms with Crippen molar-refractivity contribution < 1.29 is 27.5 Å². The lowest BCUT2D eigenvalue weighted by Crippen LogP contribution is -2.46. The quantitative estimate of drug-likeness (QED) is 0.606. The van der Waals surface area contributed by atoms with Crippen LogP contribution in [0.15, 0.2) is 23.1 Å². The number of urea groups is 1. The van der Waals surface area contributed by atoms with Gasteiger partial charge in [0.15, 0.2) is 6.10 Å². The van der Waals surface area contributed by atoms with Crippen molar-refractivity contribution in [2.75, 3.05) is 7.05 Å². The van der Waals surface area contributed by atoms with Gasteiger partial charge < -0.3 is 10.1 Å². The number of hydrogen-bond donors (Lipinski definition) is 3. The molecular formula is C15H20ClN3O6S. The monoisotopic (exact) mass is 405 g/mol. The first-order valence-corrected chi connectivity index (χ1v) is 9.39. The molecule has 0 unspecified atom stereocenters. The standard InChI is InChI=1S/C15H20ClN3O6S/c1-8(2)18-15(22)19-13(20)9(3)25-14(21)11-7-10(5-6-12(11)16)26(23,24)17-4/h5-9,17H,1-4H3,(H2,18,19,20,22)/t9-/m1/s1. The van der Waals surface area contributed by atoms with E-state index in [1.54, 1.807) is 13.8 Å². The van der Waals surface area contributed by atoms with Gasteiger partial charge in [0.25, 0.3) is 5.91 Å². The van der Waals surface area contributed by atoms with E-state index in [1.165, 1.54) is 26.1 Å². The molecule has 0 radical (unpaired) electrons. The predicted molar refractivity (Wildman–Crippen MR) is 94.4 cm³/mol. The number of benzene rings is 1. The smallest absolute Gasteiger partial charge is 0.340 e. The van der Waals surface area contributed by atoms with Crippen LogP contribution in [0, 0.1) is 0 Å². The fourth-order valence-corrected chi connectivity index (χ4v) is 2.69. The molecule has 1 aromatic rings. The van der Waals surface area contributed by atoms with Crippen LogP contribution in [0.5, 0.6) is 0 Å². The Labute approximate surface area is 156 Å². The van der Waals surface area contributed by atoms with E-state index < -0.39 is 34.0 Å². The Morgan fingerprint density at radius 2 is 1.77 bits per heavy atom. The third-order valence-electron chi connectivity index (χ3n) is 3.05. The molecule has 0 aliphatic heterocycles. The van der Waals surface area contributed by atoms with Gasteiger partial charge in [0.2, 0.25) is 10.0 Å². The Morgan fingerprint density at radius 1 is 1.15 bits per heavy atom. The number of carbonyl (C=O) groups excluding carboxylic acids is 3. The Balaban J connectivity index is 2.89. The van der Waals surface area contributed by atoms with Gasteiger partial charge in [-0.15, -0.1) is 0 Å². The van der Waals surface area contributed by atoms with Crippen molar-refractivity contribution in [3.05, 3.63) is 28.8 Å². The SMILES string of the molecule is CNS(=O)(=O)c1ccc(Cl)c(C(=O)O[C@H](C)C(=O)NC(=O)NC(C)C)c1. The lowest BCUT2D eigenvalue weighted by molar-refractivity contribution is -0.127. The van der Waals surface area contributed by atoms with Gasteiger partial charge in [0.05, 0.1) is 15.5 Å². The summed E-state index contributed by atoms with van der Waals surface area (Å²) in [6.07, 6.45) is -1.30. The van der Waals surface area contributed by atoms with Gasteiger partial charge in [-0.1, -0.05) is 11.6 Å². The molecule has 3 amide bonds. The normalized spacial score (nSPS) is 12.4. The van der Waals surface area contributed by atoms with Crippen molar-refractivity contribution in [1.82, 2.24) is 15.4 Å². The first kappa shape index (κ1) is 21.9.